The summed E-state index contributed by atoms with van der Waals surface area (Å²) in [6, 6.07) is 9.94. The van der Waals surface area contributed by atoms with E-state index in [2.05, 4.69) is 5.16 Å². The van der Waals surface area contributed by atoms with E-state index in [0.717, 1.165) is 5.56 Å². The van der Waals surface area contributed by atoms with Crippen LogP contribution in [0.3, 0.4) is 0 Å². The molecule has 1 aromatic rings. The summed E-state index contributed by atoms with van der Waals surface area (Å²) in [5.74, 6) is 0. The fraction of sp³-hybridized carbons (Fsp3) is 0.417. The first-order valence-corrected chi connectivity index (χ1v) is 5.14. The van der Waals surface area contributed by atoms with Gasteiger partial charge in [0.15, 0.2) is 0 Å². The molecule has 0 aliphatic rings. The lowest BCUT2D eigenvalue weighted by Gasteiger charge is -2.13. The molecule has 0 spiro atoms. The minimum atomic E-state index is -0.139. The summed E-state index contributed by atoms with van der Waals surface area (Å²) < 4.78 is 5.58. The topological polar surface area (TPSA) is 41.8 Å². The molecule has 1 rings (SSSR count). The highest BCUT2D eigenvalue weighted by Crippen LogP contribution is 2.05. The van der Waals surface area contributed by atoms with Gasteiger partial charge in [-0.05, 0) is 18.9 Å². The van der Waals surface area contributed by atoms with E-state index in [1.165, 1.54) is 0 Å². The van der Waals surface area contributed by atoms with Crippen LogP contribution >= 0.6 is 0 Å². The normalized spacial score (nSPS) is 13.9. The molecule has 15 heavy (non-hydrogen) atoms. The van der Waals surface area contributed by atoms with Crippen molar-refractivity contribution in [1.29, 1.82) is 0 Å². The molecule has 0 saturated heterocycles. The fourth-order valence-electron chi connectivity index (χ4n) is 1.33. The Hall–Kier alpha value is -1.35. The largest absolute Gasteiger partial charge is 0.411 e. The number of hydrogen-bond acceptors (Lipinski definition) is 3. The van der Waals surface area contributed by atoms with Gasteiger partial charge in [-0.15, -0.1) is 0 Å². The second-order valence-corrected chi connectivity index (χ2v) is 3.38. The predicted molar refractivity (Wildman–Crippen MR) is 60.2 cm³/mol. The van der Waals surface area contributed by atoms with Gasteiger partial charge in [-0.3, -0.25) is 0 Å². The highest BCUT2D eigenvalue weighted by Gasteiger charge is 2.09. The smallest absolute Gasteiger partial charge is 0.0965 e. The molecule has 0 aliphatic heterocycles. The molecule has 1 N–H and O–H groups in total. The zero-order valence-electron chi connectivity index (χ0n) is 9.18. The molecule has 82 valence electrons. The Bertz CT molecular complexity index is 309. The zero-order valence-corrected chi connectivity index (χ0v) is 9.18. The molecular formula is C12H17NO2. The molecule has 0 aromatic heterocycles. The maximum absolute atomic E-state index is 8.70. The van der Waals surface area contributed by atoms with Gasteiger partial charge in [0.25, 0.3) is 0 Å². The minimum Gasteiger partial charge on any atom is -0.411 e. The number of ether oxygens (including phenoxy) is 1. The monoisotopic (exact) mass is 207 g/mol. The fourth-order valence-corrected chi connectivity index (χ4v) is 1.33. The van der Waals surface area contributed by atoms with Gasteiger partial charge in [0.1, 0.15) is 0 Å². The van der Waals surface area contributed by atoms with E-state index in [9.17, 15) is 0 Å². The SMILES string of the molecule is CC/C(=N\O)[C@H](C)OCc1ccccc1. The van der Waals surface area contributed by atoms with E-state index in [0.29, 0.717) is 18.7 Å². The lowest BCUT2D eigenvalue weighted by atomic mass is 10.2. The van der Waals surface area contributed by atoms with Crippen molar-refractivity contribution in [2.75, 3.05) is 0 Å². The third-order valence-electron chi connectivity index (χ3n) is 2.30. The molecule has 0 radical (unpaired) electrons. The first-order chi connectivity index (χ1) is 7.27. The second kappa shape index (κ2) is 6.19. The molecule has 3 nitrogen and oxygen atoms in total. The summed E-state index contributed by atoms with van der Waals surface area (Å²) in [4.78, 5) is 0. The Kier molecular flexibility index (Phi) is 4.84. The number of hydrogen-bond donors (Lipinski definition) is 1. The quantitative estimate of drug-likeness (QED) is 0.458. The summed E-state index contributed by atoms with van der Waals surface area (Å²) in [7, 11) is 0. The first-order valence-electron chi connectivity index (χ1n) is 5.14. The average molecular weight is 207 g/mol. The van der Waals surface area contributed by atoms with Crippen LogP contribution in [0.15, 0.2) is 35.5 Å². The molecule has 0 aliphatic carbocycles. The summed E-state index contributed by atoms with van der Waals surface area (Å²) >= 11 is 0. The molecule has 0 heterocycles. The van der Waals surface area contributed by atoms with Crippen LogP contribution < -0.4 is 0 Å². The molecule has 0 bridgehead atoms. The van der Waals surface area contributed by atoms with Crippen LogP contribution in [-0.2, 0) is 11.3 Å². The Morgan fingerprint density at radius 3 is 2.60 bits per heavy atom. The van der Waals surface area contributed by atoms with Crippen LogP contribution in [-0.4, -0.2) is 17.0 Å². The van der Waals surface area contributed by atoms with Gasteiger partial charge in [0, 0.05) is 0 Å². The van der Waals surface area contributed by atoms with Gasteiger partial charge < -0.3 is 9.94 Å². The lowest BCUT2D eigenvalue weighted by Crippen LogP contribution is -2.20. The maximum atomic E-state index is 8.70. The number of oxime groups is 1. The van der Waals surface area contributed by atoms with Crippen molar-refractivity contribution in [3.05, 3.63) is 35.9 Å². The summed E-state index contributed by atoms with van der Waals surface area (Å²) in [6.45, 7) is 4.37. The van der Waals surface area contributed by atoms with Crippen LogP contribution in [0.5, 0.6) is 0 Å². The Morgan fingerprint density at radius 2 is 2.07 bits per heavy atom. The number of rotatable bonds is 5. The zero-order chi connectivity index (χ0) is 11.1. The predicted octanol–water partition coefficient (Wildman–Crippen LogP) is 2.83. The van der Waals surface area contributed by atoms with E-state index >= 15 is 0 Å². The minimum absolute atomic E-state index is 0.139. The van der Waals surface area contributed by atoms with Crippen LogP contribution in [0.2, 0.25) is 0 Å². The molecule has 1 aromatic carbocycles. The van der Waals surface area contributed by atoms with Gasteiger partial charge in [-0.2, -0.15) is 0 Å². The Morgan fingerprint density at radius 1 is 1.40 bits per heavy atom. The standard InChI is InChI=1S/C12H17NO2/c1-3-12(13-14)10(2)15-9-11-7-5-4-6-8-11/h4-8,10,14H,3,9H2,1-2H3/b13-12+/t10-/m0/s1. The van der Waals surface area contributed by atoms with Crippen molar-refractivity contribution < 1.29 is 9.94 Å². The van der Waals surface area contributed by atoms with Crippen molar-refractivity contribution in [1.82, 2.24) is 0 Å². The van der Waals surface area contributed by atoms with E-state index in [-0.39, 0.29) is 6.10 Å². The highest BCUT2D eigenvalue weighted by atomic mass is 16.5. The van der Waals surface area contributed by atoms with Gasteiger partial charge >= 0.3 is 0 Å². The van der Waals surface area contributed by atoms with E-state index < -0.39 is 0 Å². The van der Waals surface area contributed by atoms with E-state index in [1.807, 2.05) is 44.2 Å². The molecule has 0 saturated carbocycles. The van der Waals surface area contributed by atoms with Crippen molar-refractivity contribution in [3.63, 3.8) is 0 Å². The van der Waals surface area contributed by atoms with Crippen molar-refractivity contribution in [3.8, 4) is 0 Å². The summed E-state index contributed by atoms with van der Waals surface area (Å²) in [5.41, 5.74) is 1.80. The van der Waals surface area contributed by atoms with Crippen molar-refractivity contribution in [2.45, 2.75) is 33.0 Å². The van der Waals surface area contributed by atoms with Crippen LogP contribution in [0.4, 0.5) is 0 Å². The molecule has 0 unspecified atom stereocenters. The summed E-state index contributed by atoms with van der Waals surface area (Å²) in [6.07, 6.45) is 0.562. The van der Waals surface area contributed by atoms with Gasteiger partial charge in [0.05, 0.1) is 18.4 Å². The Labute approximate surface area is 90.4 Å². The number of nitrogens with zero attached hydrogens (tertiary/aromatic N) is 1. The van der Waals surface area contributed by atoms with Gasteiger partial charge in [0.2, 0.25) is 0 Å². The molecular weight excluding hydrogens is 190 g/mol. The molecule has 0 fully saturated rings. The highest BCUT2D eigenvalue weighted by molar-refractivity contribution is 5.87. The third kappa shape index (κ3) is 3.72. The Balaban J connectivity index is 2.44. The van der Waals surface area contributed by atoms with Crippen molar-refractivity contribution in [2.24, 2.45) is 5.16 Å². The van der Waals surface area contributed by atoms with E-state index in [4.69, 9.17) is 9.94 Å². The molecule has 1 atom stereocenters. The third-order valence-corrected chi connectivity index (χ3v) is 2.30. The summed E-state index contributed by atoms with van der Waals surface area (Å²) in [5, 5.41) is 11.9. The second-order valence-electron chi connectivity index (χ2n) is 3.38. The van der Waals surface area contributed by atoms with Crippen LogP contribution in [0.25, 0.3) is 0 Å². The van der Waals surface area contributed by atoms with Crippen LogP contribution in [0.1, 0.15) is 25.8 Å². The average Bonchev–Trinajstić information content (AvgIpc) is 2.29. The first kappa shape index (κ1) is 11.7. The molecule has 3 heteroatoms. The van der Waals surface area contributed by atoms with E-state index in [1.54, 1.807) is 0 Å². The van der Waals surface area contributed by atoms with Crippen molar-refractivity contribution >= 4 is 5.71 Å². The number of benzene rings is 1. The van der Waals surface area contributed by atoms with Crippen LogP contribution in [0, 0.1) is 0 Å². The molecule has 0 amide bonds. The lowest BCUT2D eigenvalue weighted by molar-refractivity contribution is 0.0923. The van der Waals surface area contributed by atoms with Gasteiger partial charge in [-0.25, -0.2) is 0 Å². The maximum Gasteiger partial charge on any atom is 0.0965 e. The van der Waals surface area contributed by atoms with Gasteiger partial charge in [-0.1, -0.05) is 42.4 Å².